The molecule has 0 spiro atoms. The van der Waals surface area contributed by atoms with E-state index < -0.39 is 17.2 Å². The minimum absolute atomic E-state index is 0.0360. The number of thiophene rings is 1. The molecule has 0 atom stereocenters. The zero-order valence-electron chi connectivity index (χ0n) is 17.9. The number of nitrogens with two attached hydrogens (primary N) is 1. The van der Waals surface area contributed by atoms with Crippen LogP contribution in [0.5, 0.6) is 0 Å². The molecule has 3 aromatic rings. The van der Waals surface area contributed by atoms with Crippen molar-refractivity contribution in [3.05, 3.63) is 67.1 Å². The third-order valence-corrected chi connectivity index (χ3v) is 6.30. The van der Waals surface area contributed by atoms with Gasteiger partial charge in [0.2, 0.25) is 0 Å². The van der Waals surface area contributed by atoms with Crippen LogP contribution in [0.1, 0.15) is 29.4 Å². The summed E-state index contributed by atoms with van der Waals surface area (Å²) in [5, 5.41) is 0.625. The number of carbonyl (C=O) groups excluding carboxylic acids is 1. The average Bonchev–Trinajstić information content (AvgIpc) is 3.26. The first kappa shape index (κ1) is 23.8. The molecular formula is C22H25ClN4O4S. The first-order chi connectivity index (χ1) is 15.4. The van der Waals surface area contributed by atoms with Gasteiger partial charge in [-0.15, -0.1) is 11.3 Å². The number of nitrogen functional groups attached to an aromatic ring is 1. The molecule has 3 rings (SSSR count). The van der Waals surface area contributed by atoms with E-state index in [0.29, 0.717) is 22.9 Å². The van der Waals surface area contributed by atoms with Crippen molar-refractivity contribution in [2.24, 2.45) is 0 Å². The second-order valence-corrected chi connectivity index (χ2v) is 8.64. The summed E-state index contributed by atoms with van der Waals surface area (Å²) in [4.78, 5) is 43.3. The highest BCUT2D eigenvalue weighted by Gasteiger charge is 2.26. The number of methoxy groups -OCH3 is 1. The van der Waals surface area contributed by atoms with Crippen LogP contribution in [0.2, 0.25) is 5.02 Å². The lowest BCUT2D eigenvalue weighted by molar-refractivity contribution is 0.0979. The van der Waals surface area contributed by atoms with Crippen molar-refractivity contribution in [1.29, 1.82) is 0 Å². The second-order valence-electron chi connectivity index (χ2n) is 7.12. The van der Waals surface area contributed by atoms with Crippen molar-refractivity contribution >= 4 is 40.4 Å². The Morgan fingerprint density at radius 3 is 2.59 bits per heavy atom. The minimum atomic E-state index is -0.709. The fourth-order valence-electron chi connectivity index (χ4n) is 3.23. The van der Waals surface area contributed by atoms with Crippen molar-refractivity contribution in [2.75, 3.05) is 30.9 Å². The summed E-state index contributed by atoms with van der Waals surface area (Å²) in [6.45, 7) is 2.62. The summed E-state index contributed by atoms with van der Waals surface area (Å²) in [5.74, 6) is -0.434. The normalized spacial score (nSPS) is 11.0. The number of rotatable bonds is 9. The van der Waals surface area contributed by atoms with Crippen molar-refractivity contribution in [3.8, 4) is 10.4 Å². The van der Waals surface area contributed by atoms with E-state index in [2.05, 4.69) is 4.98 Å². The van der Waals surface area contributed by atoms with E-state index in [0.717, 1.165) is 16.9 Å². The Kier molecular flexibility index (Phi) is 7.89. The van der Waals surface area contributed by atoms with Gasteiger partial charge in [0.05, 0.1) is 11.5 Å². The topological polar surface area (TPSA) is 110 Å². The summed E-state index contributed by atoms with van der Waals surface area (Å²) in [6.07, 6.45) is 1.55. The molecule has 170 valence electrons. The molecule has 2 heterocycles. The maximum atomic E-state index is 13.4. The maximum Gasteiger partial charge on any atom is 0.330 e. The van der Waals surface area contributed by atoms with Crippen LogP contribution in [-0.2, 0) is 11.3 Å². The zero-order valence-corrected chi connectivity index (χ0v) is 19.5. The Hall–Kier alpha value is -2.88. The Bertz CT molecular complexity index is 1200. The second kappa shape index (κ2) is 10.6. The van der Waals surface area contributed by atoms with E-state index in [1.807, 2.05) is 25.1 Å². The summed E-state index contributed by atoms with van der Waals surface area (Å²) in [6, 6.07) is 10.8. The van der Waals surface area contributed by atoms with E-state index in [4.69, 9.17) is 22.1 Å². The van der Waals surface area contributed by atoms with Gasteiger partial charge in [-0.05, 0) is 36.2 Å². The monoisotopic (exact) mass is 476 g/mol. The fraction of sp³-hybridized carbons (Fsp3) is 0.318. The maximum absolute atomic E-state index is 13.4. The number of nitrogens with one attached hydrogen (secondary N) is 1. The smallest absolute Gasteiger partial charge is 0.330 e. The number of hydrogen-bond acceptors (Lipinski definition) is 6. The molecule has 32 heavy (non-hydrogen) atoms. The highest BCUT2D eigenvalue weighted by atomic mass is 35.5. The third-order valence-electron chi connectivity index (χ3n) is 4.93. The molecule has 0 saturated heterocycles. The minimum Gasteiger partial charge on any atom is -0.383 e. The number of benzene rings is 1. The number of anilines is 2. The first-order valence-corrected chi connectivity index (χ1v) is 11.4. The van der Waals surface area contributed by atoms with Crippen LogP contribution in [0.15, 0.2) is 46.0 Å². The van der Waals surface area contributed by atoms with Gasteiger partial charge in [-0.25, -0.2) is 4.79 Å². The molecule has 0 aliphatic rings. The lowest BCUT2D eigenvalue weighted by atomic mass is 10.2. The van der Waals surface area contributed by atoms with Crippen molar-refractivity contribution in [2.45, 2.75) is 26.3 Å². The van der Waals surface area contributed by atoms with E-state index in [9.17, 15) is 14.4 Å². The first-order valence-electron chi connectivity index (χ1n) is 10.2. The Morgan fingerprint density at radius 1 is 1.22 bits per heavy atom. The van der Waals surface area contributed by atoms with E-state index in [-0.39, 0.29) is 24.7 Å². The van der Waals surface area contributed by atoms with Crippen LogP contribution < -0.4 is 21.9 Å². The van der Waals surface area contributed by atoms with Crippen molar-refractivity contribution in [3.63, 3.8) is 0 Å². The number of hydrogen-bond donors (Lipinski definition) is 2. The number of ether oxygens (including phenoxy) is 1. The average molecular weight is 477 g/mol. The Labute approximate surface area is 194 Å². The number of nitrogens with zero attached hydrogens (tertiary/aromatic N) is 2. The highest BCUT2D eigenvalue weighted by molar-refractivity contribution is 7.17. The van der Waals surface area contributed by atoms with Crippen LogP contribution in [0, 0.1) is 0 Å². The fourth-order valence-corrected chi connectivity index (χ4v) is 4.32. The van der Waals surface area contributed by atoms with Gasteiger partial charge in [0, 0.05) is 30.1 Å². The number of carbonyl (C=O) groups is 1. The molecule has 0 unspecified atom stereocenters. The van der Waals surface area contributed by atoms with E-state index >= 15 is 0 Å². The van der Waals surface area contributed by atoms with Gasteiger partial charge in [-0.3, -0.25) is 24.0 Å². The quantitative estimate of drug-likeness (QED) is 0.490. The van der Waals surface area contributed by atoms with Gasteiger partial charge in [0.25, 0.3) is 11.5 Å². The largest absolute Gasteiger partial charge is 0.383 e. The number of aromatic nitrogens is 2. The van der Waals surface area contributed by atoms with Gasteiger partial charge < -0.3 is 10.5 Å². The molecule has 8 nitrogen and oxygen atoms in total. The molecule has 10 heteroatoms. The van der Waals surface area contributed by atoms with E-state index in [1.165, 1.54) is 27.9 Å². The number of unbranched alkanes of at least 4 members (excludes halogenated alkanes) is 1. The molecule has 0 bridgehead atoms. The van der Waals surface area contributed by atoms with Crippen LogP contribution in [0.25, 0.3) is 10.4 Å². The van der Waals surface area contributed by atoms with E-state index in [1.54, 1.807) is 18.2 Å². The van der Waals surface area contributed by atoms with Gasteiger partial charge >= 0.3 is 5.69 Å². The molecule has 3 N–H and O–H groups in total. The molecule has 0 aliphatic heterocycles. The third kappa shape index (κ3) is 5.12. The van der Waals surface area contributed by atoms with Gasteiger partial charge in [0.15, 0.2) is 5.69 Å². The molecule has 2 aromatic heterocycles. The number of amides is 1. The predicted octanol–water partition coefficient (Wildman–Crippen LogP) is 3.59. The van der Waals surface area contributed by atoms with Crippen LogP contribution in [-0.4, -0.2) is 35.7 Å². The molecule has 1 aromatic carbocycles. The van der Waals surface area contributed by atoms with Gasteiger partial charge in [-0.2, -0.15) is 0 Å². The predicted molar refractivity (Wildman–Crippen MR) is 129 cm³/mol. The highest BCUT2D eigenvalue weighted by Crippen LogP contribution is 2.31. The molecule has 0 saturated carbocycles. The van der Waals surface area contributed by atoms with Gasteiger partial charge in [0.1, 0.15) is 5.82 Å². The molecule has 0 aliphatic carbocycles. The number of halogens is 1. The Balaban J connectivity index is 2.02. The lowest BCUT2D eigenvalue weighted by Crippen LogP contribution is -2.42. The number of H-pyrrole nitrogens is 1. The van der Waals surface area contributed by atoms with Crippen molar-refractivity contribution in [1.82, 2.24) is 9.55 Å². The molecule has 1 amide bonds. The summed E-state index contributed by atoms with van der Waals surface area (Å²) < 4.78 is 6.43. The summed E-state index contributed by atoms with van der Waals surface area (Å²) >= 11 is 7.25. The van der Waals surface area contributed by atoms with Crippen LogP contribution in [0.4, 0.5) is 11.5 Å². The van der Waals surface area contributed by atoms with Gasteiger partial charge in [-0.1, -0.05) is 37.1 Å². The standard InChI is InChI=1S/C22H25ClN4O4S/c1-3-4-11-27-19(24)18(20(28)25-22(27)30)26(12-13-31-2)21(29)17-10-9-16(32-17)14-5-7-15(23)8-6-14/h5-10H,3-4,11-13,24H2,1-2H3,(H,25,28,30). The van der Waals surface area contributed by atoms with Crippen LogP contribution >= 0.6 is 22.9 Å². The zero-order chi connectivity index (χ0) is 23.3. The summed E-state index contributed by atoms with van der Waals surface area (Å²) in [7, 11) is 1.50. The van der Waals surface area contributed by atoms with Crippen molar-refractivity contribution < 1.29 is 9.53 Å². The number of aromatic amines is 1. The summed E-state index contributed by atoms with van der Waals surface area (Å²) in [5.41, 5.74) is 5.79. The lowest BCUT2D eigenvalue weighted by Gasteiger charge is -2.23. The molecule has 0 radical (unpaired) electrons. The SMILES string of the molecule is CCCCn1c(N)c(N(CCOC)C(=O)c2ccc(-c3ccc(Cl)cc3)s2)c(=O)[nH]c1=O. The Morgan fingerprint density at radius 2 is 1.94 bits per heavy atom. The molecular weight excluding hydrogens is 452 g/mol. The molecule has 0 fully saturated rings. The van der Waals surface area contributed by atoms with Crippen LogP contribution in [0.3, 0.4) is 0 Å².